The molecule has 0 bridgehead atoms. The van der Waals surface area contributed by atoms with E-state index >= 15 is 0 Å². The van der Waals surface area contributed by atoms with E-state index in [1.165, 1.54) is 0 Å². The van der Waals surface area contributed by atoms with Crippen LogP contribution >= 0.6 is 23.2 Å². The summed E-state index contributed by atoms with van der Waals surface area (Å²) < 4.78 is 10.9. The number of halogens is 2. The molecule has 0 N–H and O–H groups in total. The van der Waals surface area contributed by atoms with Crippen molar-refractivity contribution < 1.29 is 14.3 Å². The number of rotatable bonds is 3. The summed E-state index contributed by atoms with van der Waals surface area (Å²) in [6.45, 7) is 8.70. The molecule has 0 atom stereocenters. The highest BCUT2D eigenvalue weighted by molar-refractivity contribution is 6.42. The Labute approximate surface area is 147 Å². The number of hydrogen-bond donors (Lipinski definition) is 0. The number of aryl methyl sites for hydroxylation is 1. The van der Waals surface area contributed by atoms with Gasteiger partial charge in [0.05, 0.1) is 17.2 Å². The standard InChI is InChI=1S/C17H23Cl2NO3/c1-6-10-7-12(18)14(19)13(15(10)22-5)11-8-20(9-11)16(21)23-17(2,3)4/h7,11H,6,8-9H2,1-5H3. The first kappa shape index (κ1) is 18.2. The van der Waals surface area contributed by atoms with Gasteiger partial charge in [0.1, 0.15) is 11.4 Å². The number of benzene rings is 1. The minimum Gasteiger partial charge on any atom is -0.496 e. The molecular formula is C17H23Cl2NO3. The van der Waals surface area contributed by atoms with Crippen molar-refractivity contribution in [1.82, 2.24) is 4.90 Å². The third-order valence-corrected chi connectivity index (χ3v) is 4.61. The van der Waals surface area contributed by atoms with Gasteiger partial charge in [-0.1, -0.05) is 30.1 Å². The zero-order chi connectivity index (χ0) is 17.4. The highest BCUT2D eigenvalue weighted by atomic mass is 35.5. The van der Waals surface area contributed by atoms with E-state index in [9.17, 15) is 4.79 Å². The number of hydrogen-bond acceptors (Lipinski definition) is 3. The normalized spacial score (nSPS) is 15.3. The molecule has 1 aliphatic rings. The molecule has 6 heteroatoms. The van der Waals surface area contributed by atoms with E-state index in [1.807, 2.05) is 33.8 Å². The first-order valence-corrected chi connectivity index (χ1v) is 8.46. The quantitative estimate of drug-likeness (QED) is 0.770. The fourth-order valence-corrected chi connectivity index (χ4v) is 3.22. The van der Waals surface area contributed by atoms with Gasteiger partial charge in [-0.2, -0.15) is 0 Å². The molecule has 128 valence electrons. The number of carbonyl (C=O) groups excluding carboxylic acids is 1. The lowest BCUT2D eigenvalue weighted by atomic mass is 9.89. The Bertz CT molecular complexity index is 605. The van der Waals surface area contributed by atoms with Crippen LogP contribution in [0.25, 0.3) is 0 Å². The molecule has 1 aliphatic heterocycles. The second kappa shape index (κ2) is 6.78. The van der Waals surface area contributed by atoms with Crippen molar-refractivity contribution >= 4 is 29.3 Å². The molecule has 0 spiro atoms. The molecule has 1 heterocycles. The molecule has 0 unspecified atom stereocenters. The molecule has 1 aromatic rings. The molecule has 0 saturated carbocycles. The maximum atomic E-state index is 12.1. The van der Waals surface area contributed by atoms with E-state index in [0.717, 1.165) is 23.3 Å². The number of amides is 1. The van der Waals surface area contributed by atoms with Gasteiger partial charge in [-0.05, 0) is 38.8 Å². The van der Waals surface area contributed by atoms with Crippen LogP contribution in [-0.2, 0) is 11.2 Å². The van der Waals surface area contributed by atoms with E-state index in [-0.39, 0.29) is 12.0 Å². The van der Waals surface area contributed by atoms with Gasteiger partial charge in [0.15, 0.2) is 0 Å². The van der Waals surface area contributed by atoms with E-state index < -0.39 is 5.60 Å². The number of nitrogens with zero attached hydrogens (tertiary/aromatic N) is 1. The van der Waals surface area contributed by atoms with E-state index in [2.05, 4.69) is 0 Å². The Morgan fingerprint density at radius 1 is 1.35 bits per heavy atom. The Balaban J connectivity index is 2.19. The highest BCUT2D eigenvalue weighted by Crippen LogP contribution is 2.44. The van der Waals surface area contributed by atoms with E-state index in [0.29, 0.717) is 23.1 Å². The zero-order valence-corrected chi connectivity index (χ0v) is 15.7. The lowest BCUT2D eigenvalue weighted by molar-refractivity contribution is 0.00800. The van der Waals surface area contributed by atoms with Gasteiger partial charge in [0.2, 0.25) is 0 Å². The highest BCUT2D eigenvalue weighted by Gasteiger charge is 2.38. The summed E-state index contributed by atoms with van der Waals surface area (Å²) >= 11 is 12.6. The van der Waals surface area contributed by atoms with Gasteiger partial charge in [-0.3, -0.25) is 0 Å². The molecular weight excluding hydrogens is 337 g/mol. The van der Waals surface area contributed by atoms with Crippen LogP contribution in [0.1, 0.15) is 44.7 Å². The SMILES string of the molecule is CCc1cc(Cl)c(Cl)c(C2CN(C(=O)OC(C)(C)C)C2)c1OC. The maximum Gasteiger partial charge on any atom is 0.410 e. The third kappa shape index (κ3) is 3.86. The Morgan fingerprint density at radius 2 is 1.96 bits per heavy atom. The Morgan fingerprint density at radius 3 is 2.43 bits per heavy atom. The number of methoxy groups -OCH3 is 1. The second-order valence-electron chi connectivity index (χ2n) is 6.71. The van der Waals surface area contributed by atoms with E-state index in [4.69, 9.17) is 32.7 Å². The summed E-state index contributed by atoms with van der Waals surface area (Å²) in [4.78, 5) is 13.7. The lowest BCUT2D eigenvalue weighted by Gasteiger charge is -2.41. The molecule has 0 aromatic heterocycles. The average Bonchev–Trinajstić information content (AvgIpc) is 2.39. The van der Waals surface area contributed by atoms with Crippen molar-refractivity contribution in [3.63, 3.8) is 0 Å². The van der Waals surface area contributed by atoms with E-state index in [1.54, 1.807) is 12.0 Å². The van der Waals surface area contributed by atoms with Crippen LogP contribution in [-0.4, -0.2) is 36.8 Å². The van der Waals surface area contributed by atoms with Crippen LogP contribution in [0, 0.1) is 0 Å². The fourth-order valence-electron chi connectivity index (χ4n) is 2.69. The molecule has 0 aliphatic carbocycles. The minimum atomic E-state index is -0.497. The summed E-state index contributed by atoms with van der Waals surface area (Å²) in [5.41, 5.74) is 1.41. The van der Waals surface area contributed by atoms with Crippen molar-refractivity contribution in [3.8, 4) is 5.75 Å². The second-order valence-corrected chi connectivity index (χ2v) is 7.50. The van der Waals surface area contributed by atoms with Crippen molar-refractivity contribution in [2.24, 2.45) is 0 Å². The zero-order valence-electron chi connectivity index (χ0n) is 14.2. The van der Waals surface area contributed by atoms with Crippen LogP contribution in [0.2, 0.25) is 10.0 Å². The summed E-state index contributed by atoms with van der Waals surface area (Å²) in [7, 11) is 1.63. The summed E-state index contributed by atoms with van der Waals surface area (Å²) in [6.07, 6.45) is 0.497. The first-order chi connectivity index (χ1) is 10.7. The largest absolute Gasteiger partial charge is 0.496 e. The molecule has 1 saturated heterocycles. The molecule has 23 heavy (non-hydrogen) atoms. The maximum absolute atomic E-state index is 12.1. The Hall–Kier alpha value is -1.13. The lowest BCUT2D eigenvalue weighted by Crippen LogP contribution is -2.50. The first-order valence-electron chi connectivity index (χ1n) is 7.70. The average molecular weight is 360 g/mol. The van der Waals surface area contributed by atoms with Gasteiger partial charge in [0.25, 0.3) is 0 Å². The Kier molecular flexibility index (Phi) is 5.37. The smallest absolute Gasteiger partial charge is 0.410 e. The van der Waals surface area contributed by atoms with Crippen LogP contribution < -0.4 is 4.74 Å². The molecule has 4 nitrogen and oxygen atoms in total. The monoisotopic (exact) mass is 359 g/mol. The van der Waals surface area contributed by atoms with Gasteiger partial charge >= 0.3 is 6.09 Å². The molecule has 2 rings (SSSR count). The summed E-state index contributed by atoms with van der Waals surface area (Å²) in [5, 5.41) is 1.03. The molecule has 0 radical (unpaired) electrons. The fraction of sp³-hybridized carbons (Fsp3) is 0.588. The van der Waals surface area contributed by atoms with Crippen LogP contribution in [0.5, 0.6) is 5.75 Å². The van der Waals surface area contributed by atoms with Crippen LogP contribution in [0.4, 0.5) is 4.79 Å². The van der Waals surface area contributed by atoms with Crippen molar-refractivity contribution in [3.05, 3.63) is 27.2 Å². The molecule has 1 amide bonds. The van der Waals surface area contributed by atoms with Crippen LogP contribution in [0.3, 0.4) is 0 Å². The third-order valence-electron chi connectivity index (χ3n) is 3.81. The predicted octanol–water partition coefficient (Wildman–Crippen LogP) is 4.90. The molecule has 1 fully saturated rings. The van der Waals surface area contributed by atoms with Gasteiger partial charge in [-0.25, -0.2) is 4.79 Å². The van der Waals surface area contributed by atoms with Crippen molar-refractivity contribution in [2.45, 2.75) is 45.6 Å². The number of ether oxygens (including phenoxy) is 2. The van der Waals surface area contributed by atoms with Crippen molar-refractivity contribution in [2.75, 3.05) is 20.2 Å². The van der Waals surface area contributed by atoms with Gasteiger partial charge < -0.3 is 14.4 Å². The number of carbonyl (C=O) groups is 1. The molecule has 1 aromatic carbocycles. The predicted molar refractivity (Wildman–Crippen MR) is 92.9 cm³/mol. The van der Waals surface area contributed by atoms with Gasteiger partial charge in [-0.15, -0.1) is 0 Å². The van der Waals surface area contributed by atoms with Crippen molar-refractivity contribution in [1.29, 1.82) is 0 Å². The minimum absolute atomic E-state index is 0.106. The summed E-state index contributed by atoms with van der Waals surface area (Å²) in [6, 6.07) is 1.84. The van der Waals surface area contributed by atoms with Crippen LogP contribution in [0.15, 0.2) is 6.07 Å². The van der Waals surface area contributed by atoms with Gasteiger partial charge in [0, 0.05) is 24.6 Å². The summed E-state index contributed by atoms with van der Waals surface area (Å²) in [5.74, 6) is 0.879. The topological polar surface area (TPSA) is 38.8 Å². The number of likely N-dealkylation sites (tertiary alicyclic amines) is 1.